The summed E-state index contributed by atoms with van der Waals surface area (Å²) in [6, 6.07) is 11.5. The van der Waals surface area contributed by atoms with Crippen LogP contribution in [0.25, 0.3) is 0 Å². The molecular weight excluding hydrogens is 298 g/mol. The third-order valence-corrected chi connectivity index (χ3v) is 4.53. The van der Waals surface area contributed by atoms with Gasteiger partial charge < -0.3 is 10.1 Å². The maximum absolute atomic E-state index is 11.8. The fraction of sp³-hybridized carbons (Fsp3) is 0.294. The van der Waals surface area contributed by atoms with Crippen LogP contribution >= 0.6 is 11.3 Å². The van der Waals surface area contributed by atoms with E-state index in [4.69, 9.17) is 4.74 Å². The Hall–Kier alpha value is -2.14. The number of fused-ring (bicyclic) bond motifs is 1. The normalized spacial score (nSPS) is 15.9. The maximum atomic E-state index is 11.8. The Kier molecular flexibility index (Phi) is 4.53. The predicted octanol–water partition coefficient (Wildman–Crippen LogP) is 2.83. The second-order valence-corrected chi connectivity index (χ2v) is 6.20. The molecule has 3 rings (SSSR count). The van der Waals surface area contributed by atoms with Crippen LogP contribution in [-0.2, 0) is 11.2 Å². The molecule has 0 radical (unpaired) electrons. The van der Waals surface area contributed by atoms with Crippen LogP contribution in [-0.4, -0.2) is 24.3 Å². The highest BCUT2D eigenvalue weighted by Gasteiger charge is 2.22. The Balaban J connectivity index is 1.39. The lowest BCUT2D eigenvalue weighted by atomic mass is 10.1. The zero-order valence-electron chi connectivity index (χ0n) is 12.1. The van der Waals surface area contributed by atoms with Crippen molar-refractivity contribution in [1.29, 1.82) is 0 Å². The number of hydrogen-bond acceptors (Lipinski definition) is 4. The average Bonchev–Trinajstić information content (AvgIpc) is 3.19. The number of Topliss-reactive ketones (excluding diaryl/α,β-unsaturated/α-hetero) is 1. The van der Waals surface area contributed by atoms with E-state index in [0.717, 1.165) is 12.2 Å². The molecule has 114 valence electrons. The zero-order chi connectivity index (χ0) is 15.4. The molecule has 1 unspecified atom stereocenters. The van der Waals surface area contributed by atoms with Crippen LogP contribution in [0.1, 0.15) is 28.1 Å². The van der Waals surface area contributed by atoms with Crippen molar-refractivity contribution in [3.05, 3.63) is 52.2 Å². The van der Waals surface area contributed by atoms with Crippen molar-refractivity contribution in [2.24, 2.45) is 0 Å². The Morgan fingerprint density at radius 1 is 1.18 bits per heavy atom. The molecule has 22 heavy (non-hydrogen) atoms. The lowest BCUT2D eigenvalue weighted by molar-refractivity contribution is -0.121. The monoisotopic (exact) mass is 315 g/mol. The van der Waals surface area contributed by atoms with Gasteiger partial charge in [0.1, 0.15) is 11.9 Å². The second-order valence-electron chi connectivity index (χ2n) is 5.26. The molecule has 1 N–H and O–H groups in total. The van der Waals surface area contributed by atoms with Gasteiger partial charge in [0.05, 0.1) is 11.4 Å². The van der Waals surface area contributed by atoms with E-state index in [9.17, 15) is 9.59 Å². The quantitative estimate of drug-likeness (QED) is 0.834. The molecule has 0 saturated carbocycles. The number of benzene rings is 1. The van der Waals surface area contributed by atoms with Crippen LogP contribution in [0.5, 0.6) is 5.75 Å². The van der Waals surface area contributed by atoms with Gasteiger partial charge in [-0.3, -0.25) is 9.59 Å². The summed E-state index contributed by atoms with van der Waals surface area (Å²) in [4.78, 5) is 24.4. The lowest BCUT2D eigenvalue weighted by Gasteiger charge is -2.11. The molecule has 2 aromatic rings. The highest BCUT2D eigenvalue weighted by molar-refractivity contribution is 7.12. The van der Waals surface area contributed by atoms with Gasteiger partial charge in [0.25, 0.3) is 0 Å². The zero-order valence-corrected chi connectivity index (χ0v) is 12.9. The number of ether oxygens (including phenoxy) is 1. The van der Waals surface area contributed by atoms with Gasteiger partial charge in [-0.05, 0) is 23.1 Å². The molecule has 1 aliphatic heterocycles. The van der Waals surface area contributed by atoms with Crippen LogP contribution in [0.3, 0.4) is 0 Å². The number of hydrogen-bond donors (Lipinski definition) is 1. The summed E-state index contributed by atoms with van der Waals surface area (Å²) in [6.07, 6.45) is 1.26. The second kappa shape index (κ2) is 6.75. The van der Waals surface area contributed by atoms with Gasteiger partial charge in [-0.15, -0.1) is 11.3 Å². The topological polar surface area (TPSA) is 55.4 Å². The van der Waals surface area contributed by atoms with E-state index in [1.54, 1.807) is 6.07 Å². The van der Waals surface area contributed by atoms with Gasteiger partial charge in [0.15, 0.2) is 5.78 Å². The van der Waals surface area contributed by atoms with Crippen molar-refractivity contribution in [3.8, 4) is 5.75 Å². The molecule has 4 nitrogen and oxygen atoms in total. The van der Waals surface area contributed by atoms with E-state index >= 15 is 0 Å². The van der Waals surface area contributed by atoms with E-state index in [0.29, 0.717) is 11.4 Å². The highest BCUT2D eigenvalue weighted by Crippen LogP contribution is 2.27. The smallest absolute Gasteiger partial charge is 0.220 e. The van der Waals surface area contributed by atoms with Gasteiger partial charge in [0, 0.05) is 19.3 Å². The number of carbonyl (C=O) groups excluding carboxylic acids is 2. The van der Waals surface area contributed by atoms with Gasteiger partial charge in [-0.1, -0.05) is 24.3 Å². The number of amides is 1. The molecule has 1 amide bonds. The molecule has 0 bridgehead atoms. The standard InChI is InChI=1S/C17H17NO3S/c19-14(16-6-3-9-22-16)7-8-17(20)18-11-13-10-12-4-1-2-5-15(12)21-13/h1-6,9,13H,7-8,10-11H2,(H,18,20). The Morgan fingerprint density at radius 2 is 2.05 bits per heavy atom. The highest BCUT2D eigenvalue weighted by atomic mass is 32.1. The maximum Gasteiger partial charge on any atom is 0.220 e. The van der Waals surface area contributed by atoms with Crippen molar-refractivity contribution in [2.75, 3.05) is 6.54 Å². The van der Waals surface area contributed by atoms with E-state index in [2.05, 4.69) is 5.32 Å². The number of para-hydroxylation sites is 1. The molecule has 5 heteroatoms. The first-order valence-corrected chi connectivity index (χ1v) is 8.18. The SMILES string of the molecule is O=C(CCC(=O)c1cccs1)NCC1Cc2ccccc2O1. The average molecular weight is 315 g/mol. The lowest BCUT2D eigenvalue weighted by Crippen LogP contribution is -2.34. The summed E-state index contributed by atoms with van der Waals surface area (Å²) in [5.41, 5.74) is 1.18. The van der Waals surface area contributed by atoms with E-state index < -0.39 is 0 Å². The first kappa shape index (κ1) is 14.8. The third-order valence-electron chi connectivity index (χ3n) is 3.62. The Morgan fingerprint density at radius 3 is 2.82 bits per heavy atom. The minimum atomic E-state index is -0.107. The fourth-order valence-electron chi connectivity index (χ4n) is 2.47. The van der Waals surface area contributed by atoms with Crippen LogP contribution < -0.4 is 10.1 Å². The molecule has 1 aromatic heterocycles. The van der Waals surface area contributed by atoms with Crippen LogP contribution in [0, 0.1) is 0 Å². The summed E-state index contributed by atoms with van der Waals surface area (Å²) in [5.74, 6) is 0.814. The molecule has 0 spiro atoms. The van der Waals surface area contributed by atoms with Crippen molar-refractivity contribution in [2.45, 2.75) is 25.4 Å². The predicted molar refractivity (Wildman–Crippen MR) is 85.5 cm³/mol. The molecule has 1 aromatic carbocycles. The summed E-state index contributed by atoms with van der Waals surface area (Å²) < 4.78 is 5.76. The molecule has 1 atom stereocenters. The summed E-state index contributed by atoms with van der Waals surface area (Å²) in [5, 5.41) is 4.71. The van der Waals surface area contributed by atoms with Gasteiger partial charge in [-0.2, -0.15) is 0 Å². The Bertz CT molecular complexity index is 641. The van der Waals surface area contributed by atoms with E-state index in [1.807, 2.05) is 35.7 Å². The molecule has 0 fully saturated rings. The van der Waals surface area contributed by atoms with Gasteiger partial charge in [0.2, 0.25) is 5.91 Å². The molecule has 0 aliphatic carbocycles. The summed E-state index contributed by atoms with van der Waals surface area (Å²) >= 11 is 1.41. The number of carbonyl (C=O) groups is 2. The number of nitrogens with one attached hydrogen (secondary N) is 1. The summed E-state index contributed by atoms with van der Waals surface area (Å²) in [6.45, 7) is 0.473. The van der Waals surface area contributed by atoms with Crippen molar-refractivity contribution >= 4 is 23.0 Å². The number of thiophene rings is 1. The number of ketones is 1. The third kappa shape index (κ3) is 3.54. The molecule has 0 saturated heterocycles. The van der Waals surface area contributed by atoms with Gasteiger partial charge in [-0.25, -0.2) is 0 Å². The van der Waals surface area contributed by atoms with Crippen molar-refractivity contribution in [1.82, 2.24) is 5.32 Å². The van der Waals surface area contributed by atoms with Crippen LogP contribution in [0.2, 0.25) is 0 Å². The molecular formula is C17H17NO3S. The minimum absolute atomic E-state index is 0.0191. The van der Waals surface area contributed by atoms with Gasteiger partial charge >= 0.3 is 0 Å². The largest absolute Gasteiger partial charge is 0.488 e. The van der Waals surface area contributed by atoms with Crippen molar-refractivity contribution < 1.29 is 14.3 Å². The summed E-state index contributed by atoms with van der Waals surface area (Å²) in [7, 11) is 0. The fourth-order valence-corrected chi connectivity index (χ4v) is 3.17. The van der Waals surface area contributed by atoms with Crippen LogP contribution in [0.15, 0.2) is 41.8 Å². The van der Waals surface area contributed by atoms with Crippen LogP contribution in [0.4, 0.5) is 0 Å². The molecule has 2 heterocycles. The Labute approximate surface area is 133 Å². The minimum Gasteiger partial charge on any atom is -0.488 e. The first-order chi connectivity index (χ1) is 10.7. The first-order valence-electron chi connectivity index (χ1n) is 7.30. The van der Waals surface area contributed by atoms with E-state index in [-0.39, 0.29) is 30.6 Å². The van der Waals surface area contributed by atoms with E-state index in [1.165, 1.54) is 16.9 Å². The van der Waals surface area contributed by atoms with Crippen molar-refractivity contribution in [3.63, 3.8) is 0 Å². The number of rotatable bonds is 6. The molecule has 1 aliphatic rings.